The second kappa shape index (κ2) is 9.00. The smallest absolute Gasteiger partial charge is 0.00388 e. The average molecular weight is 228 g/mol. The lowest BCUT2D eigenvalue weighted by Crippen LogP contribution is -2.32. The van der Waals surface area contributed by atoms with Gasteiger partial charge in [0.05, 0.1) is 0 Å². The molecule has 1 atom stereocenters. The minimum absolute atomic E-state index is 0.665. The Labute approximate surface area is 103 Å². The molecule has 0 spiro atoms. The summed E-state index contributed by atoms with van der Waals surface area (Å²) in [6.07, 6.45) is 3.89. The molecule has 0 aromatic carbocycles. The van der Waals surface area contributed by atoms with E-state index in [2.05, 4.69) is 51.9 Å². The van der Waals surface area contributed by atoms with E-state index in [0.29, 0.717) is 12.1 Å². The highest BCUT2D eigenvalue weighted by atomic mass is 15.1. The van der Waals surface area contributed by atoms with Crippen molar-refractivity contribution in [3.63, 3.8) is 0 Å². The summed E-state index contributed by atoms with van der Waals surface area (Å²) >= 11 is 0. The first-order valence-corrected chi connectivity index (χ1v) is 6.87. The summed E-state index contributed by atoms with van der Waals surface area (Å²) < 4.78 is 0. The highest BCUT2D eigenvalue weighted by molar-refractivity contribution is 4.63. The van der Waals surface area contributed by atoms with Crippen molar-refractivity contribution in [2.75, 3.05) is 20.1 Å². The van der Waals surface area contributed by atoms with Gasteiger partial charge >= 0.3 is 0 Å². The fourth-order valence-corrected chi connectivity index (χ4v) is 1.62. The van der Waals surface area contributed by atoms with Gasteiger partial charge in [0.1, 0.15) is 0 Å². The molecule has 1 N–H and O–H groups in total. The minimum atomic E-state index is 0.665. The van der Waals surface area contributed by atoms with Gasteiger partial charge in [0.15, 0.2) is 0 Å². The van der Waals surface area contributed by atoms with Crippen LogP contribution in [0.3, 0.4) is 0 Å². The molecular weight excluding hydrogens is 196 g/mol. The molecule has 0 aliphatic rings. The van der Waals surface area contributed by atoms with Crippen molar-refractivity contribution in [2.24, 2.45) is 5.92 Å². The number of hydrogen-bond donors (Lipinski definition) is 1. The molecule has 0 radical (unpaired) electrons. The maximum absolute atomic E-state index is 3.61. The van der Waals surface area contributed by atoms with Crippen LogP contribution in [0.4, 0.5) is 0 Å². The normalized spacial score (nSPS) is 14.1. The first kappa shape index (κ1) is 15.9. The van der Waals surface area contributed by atoms with Crippen LogP contribution in [0.1, 0.15) is 53.9 Å². The van der Waals surface area contributed by atoms with Crippen molar-refractivity contribution in [1.82, 2.24) is 10.2 Å². The monoisotopic (exact) mass is 228 g/mol. The SMILES string of the molecule is CC(C)CCC(C)NCCCN(C)C(C)C. The topological polar surface area (TPSA) is 15.3 Å². The lowest BCUT2D eigenvalue weighted by molar-refractivity contribution is 0.267. The Morgan fingerprint density at radius 1 is 1.00 bits per heavy atom. The van der Waals surface area contributed by atoms with E-state index >= 15 is 0 Å². The molecule has 0 amide bonds. The van der Waals surface area contributed by atoms with Gasteiger partial charge in [-0.15, -0.1) is 0 Å². The van der Waals surface area contributed by atoms with Crippen LogP contribution in [0.5, 0.6) is 0 Å². The standard InChI is InChI=1S/C14H32N2/c1-12(2)8-9-14(5)15-10-7-11-16(6)13(3)4/h12-15H,7-11H2,1-6H3. The predicted octanol–water partition coefficient (Wildman–Crippen LogP) is 3.13. The van der Waals surface area contributed by atoms with Crippen LogP contribution in [0.2, 0.25) is 0 Å². The van der Waals surface area contributed by atoms with Gasteiger partial charge in [-0.1, -0.05) is 13.8 Å². The third kappa shape index (κ3) is 9.17. The van der Waals surface area contributed by atoms with Gasteiger partial charge in [0, 0.05) is 12.1 Å². The second-order valence-electron chi connectivity index (χ2n) is 5.75. The summed E-state index contributed by atoms with van der Waals surface area (Å²) in [5.74, 6) is 0.830. The molecular formula is C14H32N2. The number of nitrogens with zero attached hydrogens (tertiary/aromatic N) is 1. The van der Waals surface area contributed by atoms with E-state index in [0.717, 1.165) is 12.5 Å². The zero-order valence-electron chi connectivity index (χ0n) is 12.2. The van der Waals surface area contributed by atoms with Crippen LogP contribution in [-0.2, 0) is 0 Å². The zero-order chi connectivity index (χ0) is 12.6. The molecule has 0 aromatic heterocycles. The summed E-state index contributed by atoms with van der Waals surface area (Å²) in [7, 11) is 2.20. The molecule has 2 nitrogen and oxygen atoms in total. The van der Waals surface area contributed by atoms with E-state index in [9.17, 15) is 0 Å². The first-order chi connectivity index (χ1) is 7.43. The van der Waals surface area contributed by atoms with Crippen LogP contribution in [0, 0.1) is 5.92 Å². The Bertz CT molecular complexity index is 155. The molecule has 0 aliphatic heterocycles. The Morgan fingerprint density at radius 2 is 1.62 bits per heavy atom. The number of nitrogens with one attached hydrogen (secondary N) is 1. The predicted molar refractivity (Wildman–Crippen MR) is 73.9 cm³/mol. The molecule has 0 aromatic rings. The lowest BCUT2D eigenvalue weighted by atomic mass is 10.0. The molecule has 16 heavy (non-hydrogen) atoms. The highest BCUT2D eigenvalue weighted by Crippen LogP contribution is 2.06. The molecule has 0 bridgehead atoms. The van der Waals surface area contributed by atoms with Gasteiger partial charge in [0.2, 0.25) is 0 Å². The Hall–Kier alpha value is -0.0800. The number of rotatable bonds is 9. The van der Waals surface area contributed by atoms with Crippen LogP contribution in [-0.4, -0.2) is 37.1 Å². The second-order valence-corrected chi connectivity index (χ2v) is 5.75. The summed E-state index contributed by atoms with van der Waals surface area (Å²) in [5.41, 5.74) is 0. The first-order valence-electron chi connectivity index (χ1n) is 6.87. The van der Waals surface area contributed by atoms with Crippen LogP contribution < -0.4 is 5.32 Å². The van der Waals surface area contributed by atoms with Crippen molar-refractivity contribution in [3.8, 4) is 0 Å². The van der Waals surface area contributed by atoms with E-state index < -0.39 is 0 Å². The minimum Gasteiger partial charge on any atom is -0.314 e. The number of hydrogen-bond acceptors (Lipinski definition) is 2. The molecule has 0 saturated carbocycles. The largest absolute Gasteiger partial charge is 0.314 e. The van der Waals surface area contributed by atoms with Crippen molar-refractivity contribution < 1.29 is 0 Å². The van der Waals surface area contributed by atoms with Gasteiger partial charge in [-0.05, 0) is 66.1 Å². The molecule has 0 aliphatic carbocycles. The van der Waals surface area contributed by atoms with E-state index in [4.69, 9.17) is 0 Å². The molecule has 2 heteroatoms. The van der Waals surface area contributed by atoms with Gasteiger partial charge < -0.3 is 10.2 Å². The van der Waals surface area contributed by atoms with Crippen LogP contribution in [0.15, 0.2) is 0 Å². The average Bonchev–Trinajstić information content (AvgIpc) is 2.20. The summed E-state index contributed by atoms with van der Waals surface area (Å²) in [5, 5.41) is 3.61. The third-order valence-electron chi connectivity index (χ3n) is 3.24. The van der Waals surface area contributed by atoms with E-state index in [1.54, 1.807) is 0 Å². The van der Waals surface area contributed by atoms with Crippen molar-refractivity contribution in [1.29, 1.82) is 0 Å². The van der Waals surface area contributed by atoms with Gasteiger partial charge in [0.25, 0.3) is 0 Å². The summed E-state index contributed by atoms with van der Waals surface area (Å²) in [4.78, 5) is 2.40. The van der Waals surface area contributed by atoms with Crippen LogP contribution in [0.25, 0.3) is 0 Å². The van der Waals surface area contributed by atoms with Gasteiger partial charge in [-0.25, -0.2) is 0 Å². The summed E-state index contributed by atoms with van der Waals surface area (Å²) in [6, 6.07) is 1.34. The molecule has 0 heterocycles. The van der Waals surface area contributed by atoms with Gasteiger partial charge in [-0.3, -0.25) is 0 Å². The van der Waals surface area contributed by atoms with Crippen molar-refractivity contribution >= 4 is 0 Å². The lowest BCUT2D eigenvalue weighted by Gasteiger charge is -2.21. The van der Waals surface area contributed by atoms with E-state index in [-0.39, 0.29) is 0 Å². The van der Waals surface area contributed by atoms with Crippen molar-refractivity contribution in [3.05, 3.63) is 0 Å². The molecule has 0 rings (SSSR count). The fourth-order valence-electron chi connectivity index (χ4n) is 1.62. The highest BCUT2D eigenvalue weighted by Gasteiger charge is 2.04. The van der Waals surface area contributed by atoms with E-state index in [1.807, 2.05) is 0 Å². The fraction of sp³-hybridized carbons (Fsp3) is 1.00. The van der Waals surface area contributed by atoms with Gasteiger partial charge in [-0.2, -0.15) is 0 Å². The van der Waals surface area contributed by atoms with E-state index in [1.165, 1.54) is 25.8 Å². The Kier molecular flexibility index (Phi) is 8.96. The zero-order valence-corrected chi connectivity index (χ0v) is 12.2. The van der Waals surface area contributed by atoms with Crippen molar-refractivity contribution in [2.45, 2.75) is 66.0 Å². The maximum Gasteiger partial charge on any atom is 0.00388 e. The Morgan fingerprint density at radius 3 is 2.12 bits per heavy atom. The molecule has 0 fully saturated rings. The quantitative estimate of drug-likeness (QED) is 0.610. The Balaban J connectivity index is 3.37. The van der Waals surface area contributed by atoms with Crippen LogP contribution >= 0.6 is 0 Å². The molecule has 98 valence electrons. The molecule has 1 unspecified atom stereocenters. The molecule has 0 saturated heterocycles. The maximum atomic E-state index is 3.61. The third-order valence-corrected chi connectivity index (χ3v) is 3.24. The summed E-state index contributed by atoms with van der Waals surface area (Å²) in [6.45, 7) is 13.7.